The van der Waals surface area contributed by atoms with E-state index >= 15 is 0 Å². The molecule has 3 heteroatoms. The van der Waals surface area contributed by atoms with Crippen molar-refractivity contribution >= 4 is 27.1 Å². The molecule has 3 aliphatic rings. The Bertz CT molecular complexity index is 2750. The molecule has 1 spiro atoms. The number of hydrogen-bond acceptors (Lipinski definition) is 3. The lowest BCUT2D eigenvalue weighted by atomic mass is 9.70. The van der Waals surface area contributed by atoms with Gasteiger partial charge in [0.2, 0.25) is 0 Å². The number of fused-ring (bicyclic) bond motifs is 7. The molecule has 11 rings (SSSR count). The van der Waals surface area contributed by atoms with E-state index < -0.39 is 5.41 Å². The van der Waals surface area contributed by atoms with Crippen molar-refractivity contribution < 1.29 is 0 Å². The van der Waals surface area contributed by atoms with Gasteiger partial charge >= 0.3 is 0 Å². The van der Waals surface area contributed by atoms with Gasteiger partial charge in [-0.1, -0.05) is 158 Å². The van der Waals surface area contributed by atoms with Gasteiger partial charge in [-0.15, -0.1) is 0 Å². The topological polar surface area (TPSA) is 38.7 Å². The Hall–Kier alpha value is -6.45. The van der Waals surface area contributed by atoms with E-state index in [1.807, 2.05) is 18.2 Å². The van der Waals surface area contributed by atoms with Gasteiger partial charge in [-0.2, -0.15) is 0 Å². The number of benzene rings is 7. The fraction of sp³-hybridized carbons (Fsp3) is 0.0625. The molecule has 0 radical (unpaired) electrons. The van der Waals surface area contributed by atoms with E-state index in [1.54, 1.807) is 0 Å². The fourth-order valence-corrected chi connectivity index (χ4v) is 9.00. The smallest absolute Gasteiger partial charge is 0.164 e. The lowest BCUT2D eigenvalue weighted by molar-refractivity contribution is 0.797. The van der Waals surface area contributed by atoms with E-state index in [0.29, 0.717) is 17.5 Å². The summed E-state index contributed by atoms with van der Waals surface area (Å²) in [5, 5.41) is 5.33. The van der Waals surface area contributed by atoms with Crippen molar-refractivity contribution in [1.82, 2.24) is 15.0 Å². The van der Waals surface area contributed by atoms with Gasteiger partial charge in [0.15, 0.2) is 17.5 Å². The maximum absolute atomic E-state index is 5.15. The third kappa shape index (κ3) is 3.97. The lowest BCUT2D eigenvalue weighted by Crippen LogP contribution is -2.26. The second kappa shape index (κ2) is 10.8. The summed E-state index contributed by atoms with van der Waals surface area (Å²) in [5.41, 5.74) is 12.8. The second-order valence-electron chi connectivity index (χ2n) is 13.8. The largest absolute Gasteiger partial charge is 0.208 e. The molecule has 0 aliphatic heterocycles. The molecule has 0 saturated heterocycles. The van der Waals surface area contributed by atoms with Gasteiger partial charge in [-0.05, 0) is 85.0 Å². The van der Waals surface area contributed by atoms with Crippen molar-refractivity contribution in [2.75, 3.05) is 0 Å². The highest BCUT2D eigenvalue weighted by atomic mass is 15.0. The fourth-order valence-electron chi connectivity index (χ4n) is 9.00. The van der Waals surface area contributed by atoms with Gasteiger partial charge in [-0.3, -0.25) is 0 Å². The van der Waals surface area contributed by atoms with E-state index in [9.17, 15) is 0 Å². The van der Waals surface area contributed by atoms with Crippen molar-refractivity contribution in [3.05, 3.63) is 192 Å². The van der Waals surface area contributed by atoms with E-state index in [1.165, 1.54) is 54.9 Å². The molecule has 0 saturated carbocycles. The molecule has 0 atom stereocenters. The van der Waals surface area contributed by atoms with Crippen molar-refractivity contribution in [1.29, 1.82) is 0 Å². The second-order valence-corrected chi connectivity index (χ2v) is 13.8. The molecule has 7 aromatic carbocycles. The Balaban J connectivity index is 1.16. The van der Waals surface area contributed by atoms with Crippen LogP contribution in [0.2, 0.25) is 0 Å². The van der Waals surface area contributed by atoms with Gasteiger partial charge < -0.3 is 0 Å². The molecule has 3 aliphatic carbocycles. The van der Waals surface area contributed by atoms with Crippen molar-refractivity contribution in [2.24, 2.45) is 0 Å². The number of aromatic nitrogens is 3. The third-order valence-corrected chi connectivity index (χ3v) is 11.1. The summed E-state index contributed by atoms with van der Waals surface area (Å²) < 4.78 is 0. The monoisotopic (exact) mass is 649 g/mol. The molecule has 1 heterocycles. The van der Waals surface area contributed by atoms with Crippen LogP contribution in [-0.2, 0) is 5.41 Å². The molecule has 0 bridgehead atoms. The third-order valence-electron chi connectivity index (χ3n) is 11.1. The van der Waals surface area contributed by atoms with Crippen LogP contribution >= 0.6 is 0 Å². The van der Waals surface area contributed by atoms with Crippen LogP contribution in [0.25, 0.3) is 72.1 Å². The summed E-state index contributed by atoms with van der Waals surface area (Å²) in [6.45, 7) is 0. The van der Waals surface area contributed by atoms with Crippen LogP contribution in [0, 0.1) is 0 Å². The zero-order chi connectivity index (χ0) is 33.5. The Morgan fingerprint density at radius 1 is 0.412 bits per heavy atom. The van der Waals surface area contributed by atoms with Crippen LogP contribution in [0.5, 0.6) is 0 Å². The molecular formula is C48H31N3. The standard InChI is InChI=1S/C48H31N3/c1-3-13-32(14-4-1)45-49-46(33-15-5-2-6-16-33)51-47(50-45)38-21-8-7-19-35(38)34-27-28-37-36-20-9-10-22-39(36)48(42(37)29-34)40-23-11-17-30-25-26-31-18-12-24-41(48)44(31)43(30)40/h1,3-5,7-29H,2,6H2. The van der Waals surface area contributed by atoms with Crippen LogP contribution in [0.1, 0.15) is 40.9 Å². The molecule has 1 aromatic heterocycles. The minimum absolute atomic E-state index is 0.416. The molecule has 3 nitrogen and oxygen atoms in total. The quantitative estimate of drug-likeness (QED) is 0.178. The summed E-state index contributed by atoms with van der Waals surface area (Å²) in [6.07, 6.45) is 8.59. The minimum atomic E-state index is -0.416. The molecular weight excluding hydrogens is 619 g/mol. The van der Waals surface area contributed by atoms with Crippen LogP contribution < -0.4 is 0 Å². The maximum atomic E-state index is 5.15. The van der Waals surface area contributed by atoms with Crippen LogP contribution in [0.4, 0.5) is 0 Å². The lowest BCUT2D eigenvalue weighted by Gasteiger charge is -2.31. The predicted octanol–water partition coefficient (Wildman–Crippen LogP) is 11.6. The van der Waals surface area contributed by atoms with Gasteiger partial charge in [0, 0.05) is 16.7 Å². The Labute approximate surface area is 296 Å². The number of allylic oxidation sites excluding steroid dienone is 4. The van der Waals surface area contributed by atoms with Gasteiger partial charge in [0.25, 0.3) is 0 Å². The first-order valence-corrected chi connectivity index (χ1v) is 17.8. The predicted molar refractivity (Wildman–Crippen MR) is 208 cm³/mol. The zero-order valence-corrected chi connectivity index (χ0v) is 27.8. The van der Waals surface area contributed by atoms with Gasteiger partial charge in [-0.25, -0.2) is 15.0 Å². The Morgan fingerprint density at radius 3 is 1.78 bits per heavy atom. The van der Waals surface area contributed by atoms with Gasteiger partial charge in [0.1, 0.15) is 0 Å². The maximum Gasteiger partial charge on any atom is 0.164 e. The van der Waals surface area contributed by atoms with Crippen LogP contribution in [-0.4, -0.2) is 15.0 Å². The van der Waals surface area contributed by atoms with E-state index in [-0.39, 0.29) is 0 Å². The molecule has 0 fully saturated rings. The summed E-state index contributed by atoms with van der Waals surface area (Å²) in [4.78, 5) is 15.3. The Morgan fingerprint density at radius 2 is 1.04 bits per heavy atom. The first-order chi connectivity index (χ1) is 25.3. The highest BCUT2D eigenvalue weighted by Gasteiger charge is 2.50. The SMILES string of the molecule is C1=CC(c2nc(-c3ccccc3)nc(-c3ccccc3-c3ccc4c(c3)C3(c5ccccc5-4)c4cccc5ccc6cccc3c6c45)n2)=CCC1. The molecule has 8 aromatic rings. The summed E-state index contributed by atoms with van der Waals surface area (Å²) in [7, 11) is 0. The first kappa shape index (κ1) is 28.4. The summed E-state index contributed by atoms with van der Waals surface area (Å²) in [5.74, 6) is 2.06. The first-order valence-electron chi connectivity index (χ1n) is 17.8. The van der Waals surface area contributed by atoms with Crippen molar-refractivity contribution in [2.45, 2.75) is 18.3 Å². The van der Waals surface area contributed by atoms with E-state index in [4.69, 9.17) is 15.0 Å². The molecule has 238 valence electrons. The van der Waals surface area contributed by atoms with E-state index in [2.05, 4.69) is 146 Å². The zero-order valence-electron chi connectivity index (χ0n) is 27.8. The minimum Gasteiger partial charge on any atom is -0.208 e. The number of hydrogen-bond donors (Lipinski definition) is 0. The van der Waals surface area contributed by atoms with Crippen molar-refractivity contribution in [3.8, 4) is 45.0 Å². The normalized spacial score (nSPS) is 14.7. The van der Waals surface area contributed by atoms with Crippen LogP contribution in [0.15, 0.2) is 164 Å². The number of rotatable bonds is 4. The highest BCUT2D eigenvalue weighted by Crippen LogP contribution is 2.62. The van der Waals surface area contributed by atoms with Crippen molar-refractivity contribution in [3.63, 3.8) is 0 Å². The highest BCUT2D eigenvalue weighted by molar-refractivity contribution is 6.17. The molecule has 0 amide bonds. The van der Waals surface area contributed by atoms with E-state index in [0.717, 1.165) is 40.7 Å². The summed E-state index contributed by atoms with van der Waals surface area (Å²) >= 11 is 0. The molecule has 0 unspecified atom stereocenters. The summed E-state index contributed by atoms with van der Waals surface area (Å²) in [6, 6.07) is 53.2. The number of nitrogens with zero attached hydrogens (tertiary/aromatic N) is 3. The van der Waals surface area contributed by atoms with Gasteiger partial charge in [0.05, 0.1) is 5.41 Å². The molecule has 0 N–H and O–H groups in total. The average molecular weight is 650 g/mol. The molecule has 51 heavy (non-hydrogen) atoms. The van der Waals surface area contributed by atoms with Crippen LogP contribution in [0.3, 0.4) is 0 Å². The Kier molecular flexibility index (Phi) is 6.00. The average Bonchev–Trinajstić information content (AvgIpc) is 3.68.